The molecule has 7 nitrogen and oxygen atoms in total. The number of carbonyl (C=O) groups is 1. The van der Waals surface area contributed by atoms with Gasteiger partial charge in [-0.15, -0.1) is 0 Å². The van der Waals surface area contributed by atoms with Crippen LogP contribution in [0.15, 0.2) is 69.9 Å². The van der Waals surface area contributed by atoms with E-state index < -0.39 is 5.97 Å². The van der Waals surface area contributed by atoms with Gasteiger partial charge in [0, 0.05) is 33.6 Å². The molecule has 1 unspecified atom stereocenters. The fourth-order valence-corrected chi connectivity index (χ4v) is 5.04. The third-order valence-electron chi connectivity index (χ3n) is 6.95. The van der Waals surface area contributed by atoms with Gasteiger partial charge in [-0.1, -0.05) is 42.5 Å². The Bertz CT molecular complexity index is 1730. The normalized spacial score (nSPS) is 12.0. The number of carboxylic acid groups (broad SMARTS) is 1. The van der Waals surface area contributed by atoms with Gasteiger partial charge in [0.1, 0.15) is 11.3 Å². The number of aromatic amines is 1. The molecular formula is C31H29N3O4. The molecule has 0 spiro atoms. The summed E-state index contributed by atoms with van der Waals surface area (Å²) in [7, 11) is 0. The lowest BCUT2D eigenvalue weighted by atomic mass is 9.97. The minimum Gasteiger partial charge on any atom is -0.478 e. The monoisotopic (exact) mass is 507 g/mol. The smallest absolute Gasteiger partial charge is 0.337 e. The van der Waals surface area contributed by atoms with E-state index in [-0.39, 0.29) is 17.0 Å². The highest BCUT2D eigenvalue weighted by atomic mass is 16.4. The van der Waals surface area contributed by atoms with E-state index in [0.29, 0.717) is 28.0 Å². The largest absolute Gasteiger partial charge is 0.478 e. The number of benzene rings is 3. The SMILES string of the molecule is Cc1cc(C(C)Nc2ccccc2C(=O)O)c2oc(-c3ccc(-c4c(C)n[nH]c4C)cc3)c(C)c(=O)c2c1. The van der Waals surface area contributed by atoms with E-state index in [0.717, 1.165) is 39.2 Å². The number of fused-ring (bicyclic) bond motifs is 1. The molecule has 0 saturated carbocycles. The Balaban J connectivity index is 1.61. The molecule has 7 heteroatoms. The summed E-state index contributed by atoms with van der Waals surface area (Å²) < 4.78 is 6.49. The molecule has 0 aliphatic carbocycles. The summed E-state index contributed by atoms with van der Waals surface area (Å²) in [6.45, 7) is 9.60. The van der Waals surface area contributed by atoms with Crippen LogP contribution >= 0.6 is 0 Å². The number of hydrogen-bond acceptors (Lipinski definition) is 5. The van der Waals surface area contributed by atoms with Crippen molar-refractivity contribution in [3.8, 4) is 22.5 Å². The van der Waals surface area contributed by atoms with E-state index in [1.165, 1.54) is 0 Å². The molecule has 5 aromatic rings. The van der Waals surface area contributed by atoms with Crippen LogP contribution in [0.2, 0.25) is 0 Å². The second-order valence-electron chi connectivity index (χ2n) is 9.72. The predicted octanol–water partition coefficient (Wildman–Crippen LogP) is 6.96. The number of aromatic nitrogens is 2. The van der Waals surface area contributed by atoms with Crippen LogP contribution in [0.5, 0.6) is 0 Å². The minimum atomic E-state index is -1.01. The van der Waals surface area contributed by atoms with Crippen LogP contribution in [-0.4, -0.2) is 21.3 Å². The summed E-state index contributed by atoms with van der Waals surface area (Å²) in [4.78, 5) is 25.2. The first-order valence-electron chi connectivity index (χ1n) is 12.4. The minimum absolute atomic E-state index is 0.0880. The van der Waals surface area contributed by atoms with Crippen LogP contribution in [0.25, 0.3) is 33.4 Å². The zero-order valence-corrected chi connectivity index (χ0v) is 22.0. The summed E-state index contributed by atoms with van der Waals surface area (Å²) in [5, 5.41) is 20.7. The van der Waals surface area contributed by atoms with Crippen molar-refractivity contribution in [2.75, 3.05) is 5.32 Å². The quantitative estimate of drug-likeness (QED) is 0.229. The van der Waals surface area contributed by atoms with Gasteiger partial charge in [-0.05, 0) is 63.9 Å². The zero-order valence-electron chi connectivity index (χ0n) is 22.0. The molecule has 3 N–H and O–H groups in total. The van der Waals surface area contributed by atoms with Crippen LogP contribution in [0.3, 0.4) is 0 Å². The molecule has 2 heterocycles. The Morgan fingerprint density at radius 3 is 2.34 bits per heavy atom. The first-order chi connectivity index (χ1) is 18.2. The summed E-state index contributed by atoms with van der Waals surface area (Å²) in [6.07, 6.45) is 0. The standard InChI is InChI=1S/C31H29N3O4/c1-16-14-24(18(3)32-26-9-7-6-8-23(26)31(36)37)30-25(15-16)28(35)17(2)29(38-30)22-12-10-21(11-13-22)27-19(4)33-34-20(27)5/h6-15,18,32H,1-5H3,(H,33,34)(H,36,37). The van der Waals surface area contributed by atoms with Gasteiger partial charge in [0.15, 0.2) is 5.43 Å². The van der Waals surface area contributed by atoms with Gasteiger partial charge >= 0.3 is 5.97 Å². The molecule has 38 heavy (non-hydrogen) atoms. The van der Waals surface area contributed by atoms with Crippen LogP contribution in [0.4, 0.5) is 5.69 Å². The van der Waals surface area contributed by atoms with E-state index in [9.17, 15) is 14.7 Å². The zero-order chi connectivity index (χ0) is 27.1. The van der Waals surface area contributed by atoms with Crippen molar-refractivity contribution in [1.82, 2.24) is 10.2 Å². The average molecular weight is 508 g/mol. The molecule has 2 aromatic heterocycles. The lowest BCUT2D eigenvalue weighted by molar-refractivity contribution is 0.0698. The van der Waals surface area contributed by atoms with Crippen molar-refractivity contribution >= 4 is 22.6 Å². The Kier molecular flexibility index (Phi) is 6.36. The predicted molar refractivity (Wildman–Crippen MR) is 150 cm³/mol. The van der Waals surface area contributed by atoms with Crippen LogP contribution < -0.4 is 10.7 Å². The molecule has 0 saturated heterocycles. The number of carboxylic acids is 1. The fourth-order valence-electron chi connectivity index (χ4n) is 5.04. The maximum absolute atomic E-state index is 13.5. The Morgan fingerprint density at radius 1 is 1.00 bits per heavy atom. The number of H-pyrrole nitrogens is 1. The first kappa shape index (κ1) is 25.0. The summed E-state index contributed by atoms with van der Waals surface area (Å²) in [5.74, 6) is -0.499. The van der Waals surface area contributed by atoms with Gasteiger partial charge in [0.25, 0.3) is 0 Å². The molecule has 3 aromatic carbocycles. The number of nitrogens with zero attached hydrogens (tertiary/aromatic N) is 1. The van der Waals surface area contributed by atoms with Gasteiger partial charge < -0.3 is 14.8 Å². The molecule has 0 aliphatic rings. The number of aryl methyl sites for hydroxylation is 3. The van der Waals surface area contributed by atoms with Gasteiger partial charge in [-0.3, -0.25) is 9.89 Å². The van der Waals surface area contributed by atoms with E-state index in [1.807, 2.05) is 64.1 Å². The van der Waals surface area contributed by atoms with E-state index in [4.69, 9.17) is 4.42 Å². The maximum Gasteiger partial charge on any atom is 0.337 e. The van der Waals surface area contributed by atoms with Gasteiger partial charge in [0.2, 0.25) is 0 Å². The van der Waals surface area contributed by atoms with E-state index in [2.05, 4.69) is 15.5 Å². The van der Waals surface area contributed by atoms with E-state index >= 15 is 0 Å². The third kappa shape index (κ3) is 4.36. The lowest BCUT2D eigenvalue weighted by Crippen LogP contribution is -2.14. The van der Waals surface area contributed by atoms with Crippen molar-refractivity contribution in [3.63, 3.8) is 0 Å². The highest BCUT2D eigenvalue weighted by molar-refractivity contribution is 5.94. The highest BCUT2D eigenvalue weighted by Gasteiger charge is 2.20. The Morgan fingerprint density at radius 2 is 1.68 bits per heavy atom. The molecule has 0 radical (unpaired) electrons. The Labute approximate surface area is 220 Å². The Hall–Kier alpha value is -4.65. The van der Waals surface area contributed by atoms with Crippen LogP contribution in [0, 0.1) is 27.7 Å². The molecule has 192 valence electrons. The molecule has 0 amide bonds. The number of nitrogens with one attached hydrogen (secondary N) is 2. The molecule has 1 atom stereocenters. The number of aromatic carboxylic acids is 1. The second-order valence-corrected chi connectivity index (χ2v) is 9.72. The van der Waals surface area contributed by atoms with Crippen molar-refractivity contribution in [3.05, 3.63) is 105 Å². The fraction of sp³-hybridized carbons (Fsp3) is 0.194. The lowest BCUT2D eigenvalue weighted by Gasteiger charge is -2.20. The maximum atomic E-state index is 13.5. The van der Waals surface area contributed by atoms with Crippen molar-refractivity contribution in [2.45, 2.75) is 40.7 Å². The summed E-state index contributed by atoms with van der Waals surface area (Å²) in [5.41, 5.74) is 8.12. The molecule has 5 rings (SSSR count). The number of para-hydroxylation sites is 1. The van der Waals surface area contributed by atoms with Gasteiger partial charge in [0.05, 0.1) is 22.7 Å². The summed E-state index contributed by atoms with van der Waals surface area (Å²) in [6, 6.07) is 18.2. The van der Waals surface area contributed by atoms with Crippen molar-refractivity contribution in [1.29, 1.82) is 0 Å². The third-order valence-corrected chi connectivity index (χ3v) is 6.95. The van der Waals surface area contributed by atoms with Crippen LogP contribution in [-0.2, 0) is 0 Å². The number of anilines is 1. The van der Waals surface area contributed by atoms with Crippen molar-refractivity contribution < 1.29 is 14.3 Å². The van der Waals surface area contributed by atoms with Gasteiger partial charge in [-0.2, -0.15) is 5.10 Å². The molecule has 0 bridgehead atoms. The first-order valence-corrected chi connectivity index (χ1v) is 12.4. The number of hydrogen-bond donors (Lipinski definition) is 3. The van der Waals surface area contributed by atoms with Gasteiger partial charge in [-0.25, -0.2) is 4.79 Å². The van der Waals surface area contributed by atoms with Crippen LogP contribution in [0.1, 0.15) is 51.4 Å². The van der Waals surface area contributed by atoms with E-state index in [1.54, 1.807) is 31.2 Å². The van der Waals surface area contributed by atoms with Crippen molar-refractivity contribution in [2.24, 2.45) is 0 Å². The topological polar surface area (TPSA) is 108 Å². The number of rotatable bonds is 6. The molecule has 0 fully saturated rings. The molecular weight excluding hydrogens is 478 g/mol. The highest BCUT2D eigenvalue weighted by Crippen LogP contribution is 2.34. The average Bonchev–Trinajstić information content (AvgIpc) is 3.24. The second kappa shape index (κ2) is 9.67. The summed E-state index contributed by atoms with van der Waals surface area (Å²) >= 11 is 0. The molecule has 0 aliphatic heterocycles.